The second kappa shape index (κ2) is 8.81. The molecule has 7 rings (SSSR count). The van der Waals surface area contributed by atoms with E-state index in [9.17, 15) is 0 Å². The van der Waals surface area contributed by atoms with Crippen molar-refractivity contribution >= 4 is 55.8 Å². The molecule has 0 unspecified atom stereocenters. The lowest BCUT2D eigenvalue weighted by atomic mass is 10.0. The van der Waals surface area contributed by atoms with E-state index in [2.05, 4.69) is 108 Å². The topological polar surface area (TPSA) is 4.93 Å². The smallest absolute Gasteiger partial charge is 0.0541 e. The molecule has 0 saturated carbocycles. The lowest BCUT2D eigenvalue weighted by Gasteiger charge is -2.10. The first kappa shape index (κ1) is 22.2. The first-order valence-corrected chi connectivity index (χ1v) is 13.0. The van der Waals surface area contributed by atoms with Crippen LogP contribution in [0.1, 0.15) is 0 Å². The summed E-state index contributed by atoms with van der Waals surface area (Å²) in [7, 11) is 0. The Morgan fingerprint density at radius 1 is 0.405 bits per heavy atom. The molecule has 0 aliphatic rings. The average molecular weight is 514 g/mol. The summed E-state index contributed by atoms with van der Waals surface area (Å²) in [6.07, 6.45) is 0. The molecule has 0 bridgehead atoms. The molecule has 0 spiro atoms. The van der Waals surface area contributed by atoms with Gasteiger partial charge in [0.05, 0.1) is 11.0 Å². The molecule has 0 aliphatic carbocycles. The normalized spacial score (nSPS) is 11.5. The summed E-state index contributed by atoms with van der Waals surface area (Å²) in [6.45, 7) is 0. The SMILES string of the molecule is Clc1ccc(-c2ccc3c(c2)c2cc(-c4ccc(Cl)cc4)ccc2n3-c2ccc3ccccc3c2)cc1. The van der Waals surface area contributed by atoms with Gasteiger partial charge in [-0.15, -0.1) is 0 Å². The third-order valence-corrected chi connectivity index (χ3v) is 7.62. The highest BCUT2D eigenvalue weighted by molar-refractivity contribution is 6.31. The van der Waals surface area contributed by atoms with E-state index >= 15 is 0 Å². The van der Waals surface area contributed by atoms with Gasteiger partial charge in [-0.05, 0) is 93.7 Å². The molecule has 0 radical (unpaired) electrons. The van der Waals surface area contributed by atoms with Crippen molar-refractivity contribution in [3.8, 4) is 27.9 Å². The Morgan fingerprint density at radius 2 is 0.892 bits per heavy atom. The fraction of sp³-hybridized carbons (Fsp3) is 0. The van der Waals surface area contributed by atoms with Gasteiger partial charge in [0.1, 0.15) is 0 Å². The number of fused-ring (bicyclic) bond motifs is 4. The maximum atomic E-state index is 6.16. The summed E-state index contributed by atoms with van der Waals surface area (Å²) in [5.74, 6) is 0. The molecule has 0 aliphatic heterocycles. The quantitative estimate of drug-likeness (QED) is 0.221. The van der Waals surface area contributed by atoms with Crippen LogP contribution in [0, 0.1) is 0 Å². The highest BCUT2D eigenvalue weighted by Crippen LogP contribution is 2.38. The van der Waals surface area contributed by atoms with Crippen molar-refractivity contribution < 1.29 is 0 Å². The highest BCUT2D eigenvalue weighted by atomic mass is 35.5. The van der Waals surface area contributed by atoms with E-state index in [1.807, 2.05) is 24.3 Å². The van der Waals surface area contributed by atoms with Crippen LogP contribution in [0.3, 0.4) is 0 Å². The number of benzene rings is 6. The summed E-state index contributed by atoms with van der Waals surface area (Å²) >= 11 is 12.3. The van der Waals surface area contributed by atoms with Crippen LogP contribution in [0.25, 0.3) is 60.5 Å². The molecule has 3 heteroatoms. The van der Waals surface area contributed by atoms with Crippen molar-refractivity contribution in [2.45, 2.75) is 0 Å². The van der Waals surface area contributed by atoms with Crippen LogP contribution >= 0.6 is 23.2 Å². The minimum atomic E-state index is 0.741. The van der Waals surface area contributed by atoms with Crippen LogP contribution < -0.4 is 0 Å². The van der Waals surface area contributed by atoms with Crippen molar-refractivity contribution in [1.29, 1.82) is 0 Å². The highest BCUT2D eigenvalue weighted by Gasteiger charge is 2.15. The Kier molecular flexibility index (Phi) is 5.28. The van der Waals surface area contributed by atoms with Crippen molar-refractivity contribution in [3.05, 3.63) is 137 Å². The number of hydrogen-bond acceptors (Lipinski definition) is 0. The Balaban J connectivity index is 1.51. The zero-order chi connectivity index (χ0) is 24.9. The summed E-state index contributed by atoms with van der Waals surface area (Å²) < 4.78 is 2.37. The van der Waals surface area contributed by atoms with Crippen LogP contribution in [0.2, 0.25) is 10.0 Å². The van der Waals surface area contributed by atoms with Crippen molar-refractivity contribution in [3.63, 3.8) is 0 Å². The van der Waals surface area contributed by atoms with Gasteiger partial charge in [-0.3, -0.25) is 0 Å². The first-order chi connectivity index (χ1) is 18.1. The van der Waals surface area contributed by atoms with E-state index in [0.29, 0.717) is 0 Å². The van der Waals surface area contributed by atoms with Gasteiger partial charge in [-0.2, -0.15) is 0 Å². The zero-order valence-corrected chi connectivity index (χ0v) is 21.3. The van der Waals surface area contributed by atoms with E-state index in [0.717, 1.165) is 26.9 Å². The fourth-order valence-electron chi connectivity index (χ4n) is 5.26. The van der Waals surface area contributed by atoms with Gasteiger partial charge in [0.25, 0.3) is 0 Å². The molecular weight excluding hydrogens is 493 g/mol. The number of hydrogen-bond donors (Lipinski definition) is 0. The molecule has 0 atom stereocenters. The predicted octanol–water partition coefficient (Wildman–Crippen LogP) is 10.6. The lowest BCUT2D eigenvalue weighted by Crippen LogP contribution is -1.94. The third kappa shape index (κ3) is 3.88. The van der Waals surface area contributed by atoms with Gasteiger partial charge in [0.2, 0.25) is 0 Å². The van der Waals surface area contributed by atoms with Crippen LogP contribution in [-0.4, -0.2) is 4.57 Å². The van der Waals surface area contributed by atoms with Crippen LogP contribution in [0.15, 0.2) is 127 Å². The van der Waals surface area contributed by atoms with Crippen molar-refractivity contribution in [2.75, 3.05) is 0 Å². The standard InChI is InChI=1S/C34H21Cl2N/c35-28-12-5-23(6-13-28)26-10-17-33-31(20-26)32-21-27(24-7-14-29(36)15-8-24)11-18-34(32)37(33)30-16-9-22-3-1-2-4-25(22)19-30/h1-21H. The second-order valence-electron chi connectivity index (χ2n) is 9.34. The van der Waals surface area contributed by atoms with Crippen molar-refractivity contribution in [2.24, 2.45) is 0 Å². The molecule has 0 fully saturated rings. The maximum absolute atomic E-state index is 6.16. The van der Waals surface area contributed by atoms with Crippen LogP contribution in [-0.2, 0) is 0 Å². The first-order valence-electron chi connectivity index (χ1n) is 12.2. The molecule has 176 valence electrons. The van der Waals surface area contributed by atoms with Gasteiger partial charge in [-0.1, -0.05) is 89.9 Å². The summed E-state index contributed by atoms with van der Waals surface area (Å²) in [6, 6.07) is 44.7. The van der Waals surface area contributed by atoms with Gasteiger partial charge in [-0.25, -0.2) is 0 Å². The Morgan fingerprint density at radius 3 is 1.43 bits per heavy atom. The molecule has 7 aromatic rings. The summed E-state index contributed by atoms with van der Waals surface area (Å²) in [4.78, 5) is 0. The molecule has 1 nitrogen and oxygen atoms in total. The molecule has 0 N–H and O–H groups in total. The summed E-state index contributed by atoms with van der Waals surface area (Å²) in [5.41, 5.74) is 8.13. The molecule has 0 saturated heterocycles. The largest absolute Gasteiger partial charge is 0.309 e. The zero-order valence-electron chi connectivity index (χ0n) is 19.8. The average Bonchev–Trinajstić information content (AvgIpc) is 3.26. The molecule has 6 aromatic carbocycles. The molecule has 0 amide bonds. The lowest BCUT2D eigenvalue weighted by molar-refractivity contribution is 1.19. The van der Waals surface area contributed by atoms with Crippen LogP contribution in [0.4, 0.5) is 0 Å². The number of nitrogens with zero attached hydrogens (tertiary/aromatic N) is 1. The third-order valence-electron chi connectivity index (χ3n) is 7.11. The molecule has 37 heavy (non-hydrogen) atoms. The molecular formula is C34H21Cl2N. The Bertz CT molecular complexity index is 1830. The molecule has 1 heterocycles. The predicted molar refractivity (Wildman–Crippen MR) is 159 cm³/mol. The minimum absolute atomic E-state index is 0.741. The van der Waals surface area contributed by atoms with E-state index in [1.54, 1.807) is 0 Å². The molecule has 1 aromatic heterocycles. The fourth-order valence-corrected chi connectivity index (χ4v) is 5.51. The van der Waals surface area contributed by atoms with Gasteiger partial charge in [0, 0.05) is 26.5 Å². The van der Waals surface area contributed by atoms with Gasteiger partial charge in [0.15, 0.2) is 0 Å². The second-order valence-corrected chi connectivity index (χ2v) is 10.2. The van der Waals surface area contributed by atoms with Gasteiger partial charge < -0.3 is 4.57 Å². The van der Waals surface area contributed by atoms with E-state index < -0.39 is 0 Å². The van der Waals surface area contributed by atoms with Crippen LogP contribution in [0.5, 0.6) is 0 Å². The van der Waals surface area contributed by atoms with Gasteiger partial charge >= 0.3 is 0 Å². The van der Waals surface area contributed by atoms with Crippen molar-refractivity contribution in [1.82, 2.24) is 4.57 Å². The number of halogens is 2. The monoisotopic (exact) mass is 513 g/mol. The Labute approximate surface area is 225 Å². The summed E-state index contributed by atoms with van der Waals surface area (Å²) in [5, 5.41) is 6.38. The van der Waals surface area contributed by atoms with E-state index in [1.165, 1.54) is 43.7 Å². The Hall–Kier alpha value is -4.04. The number of aromatic nitrogens is 1. The van der Waals surface area contributed by atoms with E-state index in [4.69, 9.17) is 23.2 Å². The maximum Gasteiger partial charge on any atom is 0.0541 e. The van der Waals surface area contributed by atoms with E-state index in [-0.39, 0.29) is 0 Å². The minimum Gasteiger partial charge on any atom is -0.309 e. The number of rotatable bonds is 3.